The molecule has 52 valence electrons. The molecule has 2 heterocycles. The molecule has 2 aromatic heterocycles. The lowest BCUT2D eigenvalue weighted by molar-refractivity contribution is 0.885. The Bertz CT molecular complexity index is 356. The maximum Gasteiger partial charge on any atom is 0.156 e. The lowest BCUT2D eigenvalue weighted by atomic mass is 10.5. The zero-order chi connectivity index (χ0) is 7.14. The number of nitrogens with one attached hydrogen (secondary N) is 1. The second-order valence-corrected chi connectivity index (χ2v) is 2.43. The summed E-state index contributed by atoms with van der Waals surface area (Å²) in [7, 11) is 2.01. The third-order valence-corrected chi connectivity index (χ3v) is 1.82. The Hall–Kier alpha value is -1.25. The number of rotatable bonds is 0. The number of nitrogens with zero attached hydrogens (tertiary/aromatic N) is 2. The van der Waals surface area contributed by atoms with Gasteiger partial charge in [-0.15, -0.1) is 0 Å². The van der Waals surface area contributed by atoms with Gasteiger partial charge in [0.1, 0.15) is 5.82 Å². The van der Waals surface area contributed by atoms with Gasteiger partial charge in [-0.25, -0.2) is 4.98 Å². The maximum absolute atomic E-state index is 4.28. The Morgan fingerprint density at radius 3 is 3.10 bits per heavy atom. The smallest absolute Gasteiger partial charge is 0.156 e. The summed E-state index contributed by atoms with van der Waals surface area (Å²) in [5.41, 5.74) is 2.14. The molecule has 3 heteroatoms. The van der Waals surface area contributed by atoms with Crippen molar-refractivity contribution in [2.45, 2.75) is 6.92 Å². The Labute approximate surface area is 58.7 Å². The highest BCUT2D eigenvalue weighted by atomic mass is 15.1. The van der Waals surface area contributed by atoms with Gasteiger partial charge in [0.25, 0.3) is 0 Å². The highest BCUT2D eigenvalue weighted by Crippen LogP contribution is 2.10. The predicted molar refractivity (Wildman–Crippen MR) is 39.8 cm³/mol. The van der Waals surface area contributed by atoms with Gasteiger partial charge in [-0.2, -0.15) is 0 Å². The highest BCUT2D eigenvalue weighted by molar-refractivity contribution is 5.72. The molecule has 2 aromatic rings. The molecule has 0 aromatic carbocycles. The van der Waals surface area contributed by atoms with Crippen LogP contribution in [0.15, 0.2) is 12.3 Å². The zero-order valence-corrected chi connectivity index (χ0v) is 6.05. The first kappa shape index (κ1) is 5.53. The van der Waals surface area contributed by atoms with E-state index in [0.717, 1.165) is 17.0 Å². The van der Waals surface area contributed by atoms with Crippen molar-refractivity contribution in [2.24, 2.45) is 7.05 Å². The number of fused-ring (bicyclic) bond motifs is 1. The Morgan fingerprint density at radius 2 is 2.40 bits per heavy atom. The molecular formula is C7H9N3. The first-order chi connectivity index (χ1) is 4.79. The van der Waals surface area contributed by atoms with Crippen molar-refractivity contribution in [3.8, 4) is 0 Å². The number of hydrogen-bond donors (Lipinski definition) is 1. The zero-order valence-electron chi connectivity index (χ0n) is 6.05. The van der Waals surface area contributed by atoms with Crippen LogP contribution in [-0.2, 0) is 7.05 Å². The predicted octanol–water partition coefficient (Wildman–Crippen LogP) is 1.21. The quantitative estimate of drug-likeness (QED) is 0.578. The minimum atomic E-state index is 0.972. The van der Waals surface area contributed by atoms with E-state index in [0.29, 0.717) is 0 Å². The van der Waals surface area contributed by atoms with E-state index in [9.17, 15) is 0 Å². The van der Waals surface area contributed by atoms with Crippen LogP contribution >= 0.6 is 0 Å². The fraction of sp³-hybridized carbons (Fsp3) is 0.286. The van der Waals surface area contributed by atoms with E-state index in [1.807, 2.05) is 26.2 Å². The second kappa shape index (κ2) is 1.62. The minimum Gasteiger partial charge on any atom is -0.345 e. The van der Waals surface area contributed by atoms with E-state index in [1.165, 1.54) is 0 Å². The normalized spacial score (nSPS) is 11.0. The average Bonchev–Trinajstić information content (AvgIpc) is 2.41. The van der Waals surface area contributed by atoms with Crippen LogP contribution < -0.4 is 0 Å². The van der Waals surface area contributed by atoms with Gasteiger partial charge in [-0.1, -0.05) is 0 Å². The van der Waals surface area contributed by atoms with Gasteiger partial charge in [0, 0.05) is 13.2 Å². The molecule has 0 spiro atoms. The van der Waals surface area contributed by atoms with Crippen LogP contribution in [0.2, 0.25) is 0 Å². The van der Waals surface area contributed by atoms with Crippen molar-refractivity contribution >= 4 is 11.2 Å². The number of aromatic amines is 1. The number of imidazole rings is 1. The van der Waals surface area contributed by atoms with Gasteiger partial charge < -0.3 is 9.55 Å². The Balaban J connectivity index is 2.95. The molecule has 10 heavy (non-hydrogen) atoms. The van der Waals surface area contributed by atoms with Crippen molar-refractivity contribution in [2.75, 3.05) is 0 Å². The third-order valence-electron chi connectivity index (χ3n) is 1.82. The Kier molecular flexibility index (Phi) is 0.897. The molecule has 0 atom stereocenters. The van der Waals surface area contributed by atoms with Crippen LogP contribution in [0.4, 0.5) is 0 Å². The number of aromatic nitrogens is 3. The SMILES string of the molecule is Cc1nc2[nH]ccc2n1C. The fourth-order valence-electron chi connectivity index (χ4n) is 1.12. The van der Waals surface area contributed by atoms with Crippen LogP contribution in [0, 0.1) is 6.92 Å². The van der Waals surface area contributed by atoms with E-state index < -0.39 is 0 Å². The monoisotopic (exact) mass is 135 g/mol. The summed E-state index contributed by atoms with van der Waals surface area (Å²) < 4.78 is 2.06. The third kappa shape index (κ3) is 0.518. The van der Waals surface area contributed by atoms with Gasteiger partial charge >= 0.3 is 0 Å². The molecule has 0 saturated heterocycles. The first-order valence-electron chi connectivity index (χ1n) is 3.25. The maximum atomic E-state index is 4.28. The molecule has 3 nitrogen and oxygen atoms in total. The van der Waals surface area contributed by atoms with E-state index in [2.05, 4.69) is 14.5 Å². The molecule has 0 radical (unpaired) electrons. The van der Waals surface area contributed by atoms with Crippen molar-refractivity contribution in [3.63, 3.8) is 0 Å². The van der Waals surface area contributed by atoms with Crippen LogP contribution in [-0.4, -0.2) is 14.5 Å². The highest BCUT2D eigenvalue weighted by Gasteiger charge is 2.01. The molecule has 0 saturated carbocycles. The van der Waals surface area contributed by atoms with E-state index in [1.54, 1.807) is 0 Å². The molecule has 0 bridgehead atoms. The fourth-order valence-corrected chi connectivity index (χ4v) is 1.12. The van der Waals surface area contributed by atoms with Gasteiger partial charge in [0.15, 0.2) is 5.65 Å². The summed E-state index contributed by atoms with van der Waals surface area (Å²) in [6.45, 7) is 1.99. The van der Waals surface area contributed by atoms with Crippen molar-refractivity contribution in [1.29, 1.82) is 0 Å². The molecule has 0 unspecified atom stereocenters. The standard InChI is InChI=1S/C7H9N3/c1-5-9-7-6(10(5)2)3-4-8-7/h3-4,8H,1-2H3. The van der Waals surface area contributed by atoms with Gasteiger partial charge in [-0.3, -0.25) is 0 Å². The number of H-pyrrole nitrogens is 1. The number of aryl methyl sites for hydroxylation is 2. The lowest BCUT2D eigenvalue weighted by Gasteiger charge is -1.90. The van der Waals surface area contributed by atoms with Crippen LogP contribution in [0.5, 0.6) is 0 Å². The van der Waals surface area contributed by atoms with Crippen LogP contribution in [0.3, 0.4) is 0 Å². The minimum absolute atomic E-state index is 0.972. The van der Waals surface area contributed by atoms with Crippen LogP contribution in [0.25, 0.3) is 11.2 Å². The second-order valence-electron chi connectivity index (χ2n) is 2.43. The Morgan fingerprint density at radius 1 is 1.60 bits per heavy atom. The lowest BCUT2D eigenvalue weighted by Crippen LogP contribution is -1.89. The summed E-state index contributed by atoms with van der Waals surface area (Å²) in [5, 5.41) is 0. The van der Waals surface area contributed by atoms with Gasteiger partial charge in [0.05, 0.1) is 5.52 Å². The van der Waals surface area contributed by atoms with Crippen molar-refractivity contribution in [3.05, 3.63) is 18.1 Å². The average molecular weight is 135 g/mol. The first-order valence-corrected chi connectivity index (χ1v) is 3.25. The summed E-state index contributed by atoms with van der Waals surface area (Å²) >= 11 is 0. The van der Waals surface area contributed by atoms with Gasteiger partial charge in [0.2, 0.25) is 0 Å². The van der Waals surface area contributed by atoms with Gasteiger partial charge in [-0.05, 0) is 13.0 Å². The molecule has 0 amide bonds. The van der Waals surface area contributed by atoms with Crippen LogP contribution in [0.1, 0.15) is 5.82 Å². The largest absolute Gasteiger partial charge is 0.345 e. The molecule has 1 N–H and O–H groups in total. The summed E-state index contributed by atoms with van der Waals surface area (Å²) in [6, 6.07) is 2.02. The van der Waals surface area contributed by atoms with E-state index in [-0.39, 0.29) is 0 Å². The molecule has 0 fully saturated rings. The van der Waals surface area contributed by atoms with E-state index in [4.69, 9.17) is 0 Å². The molecular weight excluding hydrogens is 126 g/mol. The summed E-state index contributed by atoms with van der Waals surface area (Å²) in [6.07, 6.45) is 1.90. The van der Waals surface area contributed by atoms with Crippen molar-refractivity contribution in [1.82, 2.24) is 14.5 Å². The van der Waals surface area contributed by atoms with E-state index >= 15 is 0 Å². The summed E-state index contributed by atoms with van der Waals surface area (Å²) in [5.74, 6) is 1.04. The number of hydrogen-bond acceptors (Lipinski definition) is 1. The molecule has 0 aliphatic heterocycles. The molecule has 0 aliphatic carbocycles. The molecule has 0 aliphatic rings. The topological polar surface area (TPSA) is 33.6 Å². The molecule has 2 rings (SSSR count). The van der Waals surface area contributed by atoms with Crippen molar-refractivity contribution < 1.29 is 0 Å². The summed E-state index contributed by atoms with van der Waals surface area (Å²) in [4.78, 5) is 7.33.